The number of rotatable bonds is 8. The van der Waals surface area contributed by atoms with Gasteiger partial charge in [0.1, 0.15) is 5.75 Å². The Labute approximate surface area is 138 Å². The van der Waals surface area contributed by atoms with Crippen molar-refractivity contribution in [1.82, 2.24) is 5.32 Å². The molecule has 0 radical (unpaired) electrons. The SMILES string of the molecule is CCCOc1ccccc1NC(=O)CNCC1CCCO1.Cl. The van der Waals surface area contributed by atoms with E-state index in [2.05, 4.69) is 17.6 Å². The maximum absolute atomic E-state index is 11.9. The zero-order chi connectivity index (χ0) is 14.9. The molecule has 0 aliphatic carbocycles. The summed E-state index contributed by atoms with van der Waals surface area (Å²) in [7, 11) is 0. The Hall–Kier alpha value is -1.30. The lowest BCUT2D eigenvalue weighted by molar-refractivity contribution is -0.115. The van der Waals surface area contributed by atoms with Crippen molar-refractivity contribution in [3.63, 3.8) is 0 Å². The number of hydrogen-bond acceptors (Lipinski definition) is 4. The molecule has 0 saturated carbocycles. The maximum Gasteiger partial charge on any atom is 0.238 e. The summed E-state index contributed by atoms with van der Waals surface area (Å²) in [6.45, 7) is 4.53. The second kappa shape index (κ2) is 10.4. The zero-order valence-corrected chi connectivity index (χ0v) is 13.8. The Morgan fingerprint density at radius 1 is 1.41 bits per heavy atom. The number of carbonyl (C=O) groups excluding carboxylic acids is 1. The molecule has 1 aliphatic rings. The van der Waals surface area contributed by atoms with E-state index >= 15 is 0 Å². The normalized spacial score (nSPS) is 16.9. The average molecular weight is 329 g/mol. The quantitative estimate of drug-likeness (QED) is 0.770. The molecule has 6 heteroatoms. The van der Waals surface area contributed by atoms with Gasteiger partial charge in [-0.15, -0.1) is 12.4 Å². The van der Waals surface area contributed by atoms with Crippen LogP contribution < -0.4 is 15.4 Å². The van der Waals surface area contributed by atoms with Gasteiger partial charge in [0.2, 0.25) is 5.91 Å². The first-order valence-corrected chi connectivity index (χ1v) is 7.63. The average Bonchev–Trinajstić information content (AvgIpc) is 2.99. The summed E-state index contributed by atoms with van der Waals surface area (Å²) in [5.74, 6) is 0.646. The van der Waals surface area contributed by atoms with Crippen LogP contribution in [0.15, 0.2) is 24.3 Å². The molecule has 1 aliphatic heterocycles. The largest absolute Gasteiger partial charge is 0.491 e. The third kappa shape index (κ3) is 6.22. The van der Waals surface area contributed by atoms with Crippen LogP contribution in [0.25, 0.3) is 0 Å². The van der Waals surface area contributed by atoms with Gasteiger partial charge in [0.15, 0.2) is 0 Å². The Morgan fingerprint density at radius 3 is 2.95 bits per heavy atom. The van der Waals surface area contributed by atoms with Crippen LogP contribution >= 0.6 is 12.4 Å². The van der Waals surface area contributed by atoms with Crippen molar-refractivity contribution < 1.29 is 14.3 Å². The highest BCUT2D eigenvalue weighted by Gasteiger charge is 2.15. The number of halogens is 1. The van der Waals surface area contributed by atoms with Crippen molar-refractivity contribution in [2.45, 2.75) is 32.3 Å². The number of amides is 1. The molecule has 0 bridgehead atoms. The number of hydrogen-bond donors (Lipinski definition) is 2. The molecule has 5 nitrogen and oxygen atoms in total. The van der Waals surface area contributed by atoms with E-state index in [1.807, 2.05) is 24.3 Å². The monoisotopic (exact) mass is 328 g/mol. The maximum atomic E-state index is 11.9. The van der Waals surface area contributed by atoms with Gasteiger partial charge in [-0.3, -0.25) is 4.79 Å². The molecule has 0 aromatic heterocycles. The lowest BCUT2D eigenvalue weighted by Gasteiger charge is -2.13. The van der Waals surface area contributed by atoms with E-state index in [1.54, 1.807) is 0 Å². The number of anilines is 1. The van der Waals surface area contributed by atoms with Gasteiger partial charge in [-0.25, -0.2) is 0 Å². The summed E-state index contributed by atoms with van der Waals surface area (Å²) in [4.78, 5) is 11.9. The molecule has 1 atom stereocenters. The molecule has 1 amide bonds. The van der Waals surface area contributed by atoms with Gasteiger partial charge in [0.25, 0.3) is 0 Å². The minimum atomic E-state index is -0.0689. The molecule has 1 saturated heterocycles. The van der Waals surface area contributed by atoms with Gasteiger partial charge < -0.3 is 20.1 Å². The van der Waals surface area contributed by atoms with Crippen molar-refractivity contribution >= 4 is 24.0 Å². The van der Waals surface area contributed by atoms with Crippen molar-refractivity contribution in [2.75, 3.05) is 31.6 Å². The number of para-hydroxylation sites is 2. The molecular formula is C16H25ClN2O3. The fraction of sp³-hybridized carbons (Fsp3) is 0.562. The Balaban J connectivity index is 0.00000242. The van der Waals surface area contributed by atoms with E-state index in [0.717, 1.165) is 38.1 Å². The summed E-state index contributed by atoms with van der Waals surface area (Å²) >= 11 is 0. The van der Waals surface area contributed by atoms with E-state index in [-0.39, 0.29) is 31.0 Å². The van der Waals surface area contributed by atoms with Gasteiger partial charge in [0.05, 0.1) is 24.9 Å². The summed E-state index contributed by atoms with van der Waals surface area (Å²) in [6.07, 6.45) is 3.37. The Kier molecular flexibility index (Phi) is 8.89. The van der Waals surface area contributed by atoms with Gasteiger partial charge in [-0.2, -0.15) is 0 Å². The van der Waals surface area contributed by atoms with Crippen LogP contribution in [-0.2, 0) is 9.53 Å². The third-order valence-electron chi connectivity index (χ3n) is 3.30. The van der Waals surface area contributed by atoms with Crippen LogP contribution in [0.3, 0.4) is 0 Å². The molecule has 2 rings (SSSR count). The van der Waals surface area contributed by atoms with Crippen LogP contribution in [0.5, 0.6) is 5.75 Å². The summed E-state index contributed by atoms with van der Waals surface area (Å²) in [5.41, 5.74) is 0.717. The van der Waals surface area contributed by atoms with Crippen molar-refractivity contribution in [1.29, 1.82) is 0 Å². The van der Waals surface area contributed by atoms with Crippen LogP contribution in [0.2, 0.25) is 0 Å². The first-order chi connectivity index (χ1) is 10.3. The molecule has 1 fully saturated rings. The first kappa shape index (κ1) is 18.7. The minimum Gasteiger partial charge on any atom is -0.491 e. The minimum absolute atomic E-state index is 0. The van der Waals surface area contributed by atoms with Gasteiger partial charge in [0, 0.05) is 13.2 Å². The molecule has 124 valence electrons. The molecule has 0 spiro atoms. The van der Waals surface area contributed by atoms with E-state index in [4.69, 9.17) is 9.47 Å². The second-order valence-corrected chi connectivity index (χ2v) is 5.16. The third-order valence-corrected chi connectivity index (χ3v) is 3.30. The number of carbonyl (C=O) groups is 1. The fourth-order valence-corrected chi connectivity index (χ4v) is 2.25. The molecule has 1 unspecified atom stereocenters. The Bertz CT molecular complexity index is 451. The summed E-state index contributed by atoms with van der Waals surface area (Å²) < 4.78 is 11.1. The predicted molar refractivity (Wildman–Crippen MR) is 89.9 cm³/mol. The van der Waals surface area contributed by atoms with E-state index in [1.165, 1.54) is 0 Å². The van der Waals surface area contributed by atoms with Gasteiger partial charge in [-0.05, 0) is 31.4 Å². The first-order valence-electron chi connectivity index (χ1n) is 7.63. The van der Waals surface area contributed by atoms with Crippen LogP contribution in [0.1, 0.15) is 26.2 Å². The molecule has 1 aromatic carbocycles. The highest BCUT2D eigenvalue weighted by molar-refractivity contribution is 5.93. The highest BCUT2D eigenvalue weighted by Crippen LogP contribution is 2.23. The van der Waals surface area contributed by atoms with Crippen LogP contribution in [-0.4, -0.2) is 38.3 Å². The highest BCUT2D eigenvalue weighted by atomic mass is 35.5. The molecule has 2 N–H and O–H groups in total. The van der Waals surface area contributed by atoms with Crippen molar-refractivity contribution in [3.8, 4) is 5.75 Å². The lowest BCUT2D eigenvalue weighted by atomic mass is 10.2. The zero-order valence-electron chi connectivity index (χ0n) is 13.0. The second-order valence-electron chi connectivity index (χ2n) is 5.16. The van der Waals surface area contributed by atoms with Crippen LogP contribution in [0, 0.1) is 0 Å². The smallest absolute Gasteiger partial charge is 0.238 e. The predicted octanol–water partition coefficient (Wildman–Crippen LogP) is 2.60. The van der Waals surface area contributed by atoms with E-state index in [9.17, 15) is 4.79 Å². The lowest BCUT2D eigenvalue weighted by Crippen LogP contribution is -2.33. The van der Waals surface area contributed by atoms with Gasteiger partial charge >= 0.3 is 0 Å². The standard InChI is InChI=1S/C16H24N2O3.ClH/c1-2-9-21-15-8-4-3-7-14(15)18-16(19)12-17-11-13-6-5-10-20-13;/h3-4,7-8,13,17H,2,5-6,9-12H2,1H3,(H,18,19);1H. The Morgan fingerprint density at radius 2 is 2.23 bits per heavy atom. The summed E-state index contributed by atoms with van der Waals surface area (Å²) in [5, 5.41) is 6.01. The van der Waals surface area contributed by atoms with Crippen molar-refractivity contribution in [3.05, 3.63) is 24.3 Å². The molecular weight excluding hydrogens is 304 g/mol. The van der Waals surface area contributed by atoms with E-state index in [0.29, 0.717) is 12.4 Å². The number of ether oxygens (including phenoxy) is 2. The molecule has 22 heavy (non-hydrogen) atoms. The van der Waals surface area contributed by atoms with E-state index < -0.39 is 0 Å². The molecule has 1 aromatic rings. The molecule has 1 heterocycles. The van der Waals surface area contributed by atoms with Crippen LogP contribution in [0.4, 0.5) is 5.69 Å². The van der Waals surface area contributed by atoms with Gasteiger partial charge in [-0.1, -0.05) is 19.1 Å². The summed E-state index contributed by atoms with van der Waals surface area (Å²) in [6, 6.07) is 7.50. The topological polar surface area (TPSA) is 59.6 Å². The number of benzene rings is 1. The fourth-order valence-electron chi connectivity index (χ4n) is 2.25. The number of nitrogens with one attached hydrogen (secondary N) is 2. The van der Waals surface area contributed by atoms with Crippen molar-refractivity contribution in [2.24, 2.45) is 0 Å².